The van der Waals surface area contributed by atoms with Gasteiger partial charge in [0, 0.05) is 6.07 Å². The van der Waals surface area contributed by atoms with Gasteiger partial charge in [0.15, 0.2) is 22.9 Å². The van der Waals surface area contributed by atoms with Crippen molar-refractivity contribution in [2.45, 2.75) is 4.90 Å². The second-order valence-corrected chi connectivity index (χ2v) is 9.43. The zero-order valence-electron chi connectivity index (χ0n) is 14.6. The van der Waals surface area contributed by atoms with E-state index in [0.29, 0.717) is 17.5 Å². The van der Waals surface area contributed by atoms with E-state index in [0.717, 1.165) is 39.0 Å². The summed E-state index contributed by atoms with van der Waals surface area (Å²) in [7, 11) is -0.699. The third-order valence-corrected chi connectivity index (χ3v) is 7.81. The molecule has 144 valence electrons. The molecule has 0 amide bonds. The summed E-state index contributed by atoms with van der Waals surface area (Å²) in [6.45, 7) is 0. The Morgan fingerprint density at radius 1 is 0.733 bits per heavy atom. The van der Waals surface area contributed by atoms with Crippen molar-refractivity contribution in [1.29, 1.82) is 0 Å². The first kappa shape index (κ1) is 16.7. The van der Waals surface area contributed by atoms with Crippen molar-refractivity contribution in [2.24, 2.45) is 30.5 Å². The van der Waals surface area contributed by atoms with Crippen LogP contribution in [0, 0.1) is 0 Å². The van der Waals surface area contributed by atoms with Crippen LogP contribution in [0.25, 0.3) is 0 Å². The van der Waals surface area contributed by atoms with Crippen molar-refractivity contribution in [2.75, 3.05) is 0 Å². The summed E-state index contributed by atoms with van der Waals surface area (Å²) in [5.74, 6) is 1.71. The summed E-state index contributed by atoms with van der Waals surface area (Å²) in [4.78, 5) is 10.2. The normalized spacial score (nSPS) is 16.5. The predicted octanol–water partition coefficient (Wildman–Crippen LogP) is 6.18. The zero-order chi connectivity index (χ0) is 19.7. The van der Waals surface area contributed by atoms with E-state index in [-0.39, 0.29) is 0 Å². The molecule has 0 aliphatic carbocycles. The molecule has 0 saturated heterocycles. The molecule has 5 heterocycles. The van der Waals surface area contributed by atoms with Crippen molar-refractivity contribution >= 4 is 96.1 Å². The van der Waals surface area contributed by atoms with Crippen LogP contribution in [0.1, 0.15) is 0 Å². The molecule has 2 aromatic carbocycles. The number of aromatic nitrogens is 2. The van der Waals surface area contributed by atoms with Gasteiger partial charge in [-0.15, -0.1) is 8.84 Å². The fourth-order valence-corrected chi connectivity index (χ4v) is 6.08. The van der Waals surface area contributed by atoms with Crippen molar-refractivity contribution in [3.8, 4) is 0 Å². The average Bonchev–Trinajstić information content (AvgIpc) is 3.55. The van der Waals surface area contributed by atoms with Gasteiger partial charge in [0.1, 0.15) is 34.6 Å². The standard InChI is InChI=1S/C16H6N10S4/c1-2-8-9(20-27-19-8)3-7(1)30-24-15-16(25-30)18-14(6-17-15)26-13-5-11-10(21-28-22-11)4-12(13)23-29-26/h1-6H. The van der Waals surface area contributed by atoms with Crippen LogP contribution < -0.4 is 3.95 Å². The summed E-state index contributed by atoms with van der Waals surface area (Å²) in [6, 6.07) is 9.79. The van der Waals surface area contributed by atoms with E-state index in [2.05, 4.69) is 31.2 Å². The van der Waals surface area contributed by atoms with Gasteiger partial charge in [-0.25, -0.2) is 4.98 Å². The van der Waals surface area contributed by atoms with Crippen LogP contribution in [0.2, 0.25) is 0 Å². The van der Waals surface area contributed by atoms with Crippen molar-refractivity contribution in [1.82, 2.24) is 13.9 Å². The number of benzene rings is 2. The Morgan fingerprint density at radius 3 is 2.40 bits per heavy atom. The molecule has 0 saturated carbocycles. The van der Waals surface area contributed by atoms with Crippen LogP contribution in [0.5, 0.6) is 0 Å². The zero-order valence-corrected chi connectivity index (χ0v) is 17.8. The number of nitrogens with zero attached hydrogens (tertiary/aromatic N) is 10. The predicted molar refractivity (Wildman–Crippen MR) is 119 cm³/mol. The van der Waals surface area contributed by atoms with Crippen LogP contribution in [0.3, 0.4) is 0 Å². The molecule has 3 aromatic rings. The molecule has 4 aliphatic heterocycles. The smallest absolute Gasteiger partial charge is 0.359 e. The maximum atomic E-state index is 4.70. The molecule has 0 N–H and O–H groups in total. The summed E-state index contributed by atoms with van der Waals surface area (Å²) in [5, 5.41) is 0. The van der Waals surface area contributed by atoms with Crippen LogP contribution in [0.4, 0.5) is 51.6 Å². The molecule has 0 unspecified atom stereocenters. The molecule has 0 bridgehead atoms. The number of rotatable bonds is 2. The summed E-state index contributed by atoms with van der Waals surface area (Å²) in [5.41, 5.74) is 5.15. The molecule has 0 atom stereocenters. The Bertz CT molecular complexity index is 1660. The van der Waals surface area contributed by atoms with Gasteiger partial charge in [-0.1, -0.05) is 6.07 Å². The van der Waals surface area contributed by atoms with E-state index in [9.17, 15) is 0 Å². The highest BCUT2D eigenvalue weighted by Gasteiger charge is 2.27. The Morgan fingerprint density at radius 2 is 1.50 bits per heavy atom. The molecule has 4 aliphatic rings. The third-order valence-electron chi connectivity index (χ3n) is 4.50. The average molecular weight is 467 g/mol. The highest BCUT2D eigenvalue weighted by molar-refractivity contribution is 7.78. The van der Waals surface area contributed by atoms with Gasteiger partial charge >= 0.3 is 5.82 Å². The lowest BCUT2D eigenvalue weighted by molar-refractivity contribution is 1.04. The maximum absolute atomic E-state index is 4.70. The first-order valence-electron chi connectivity index (χ1n) is 8.54. The summed E-state index contributed by atoms with van der Waals surface area (Å²) < 4.78 is 32.9. The number of hydrogen-bond donors (Lipinski definition) is 0. The number of fused-ring (bicyclic) bond motifs is 4. The SMILES string of the molecule is c1cc2c(cc1[S-]1=Nc3ncc([N+]4=S=Nc5cc6c(cc54)N=S=N6)nc3N=1)N=S=N2. The van der Waals surface area contributed by atoms with E-state index >= 15 is 0 Å². The van der Waals surface area contributed by atoms with Crippen LogP contribution in [-0.2, 0) is 44.6 Å². The Labute approximate surface area is 181 Å². The molecule has 30 heavy (non-hydrogen) atoms. The van der Waals surface area contributed by atoms with Gasteiger partial charge in [0.05, 0.1) is 22.7 Å². The highest BCUT2D eigenvalue weighted by Crippen LogP contribution is 2.44. The maximum Gasteiger partial charge on any atom is 0.361 e. The monoisotopic (exact) mass is 466 g/mol. The second-order valence-electron chi connectivity index (χ2n) is 6.30. The largest absolute Gasteiger partial charge is 0.361 e. The molecule has 14 heteroatoms. The lowest BCUT2D eigenvalue weighted by atomic mass is 10.2. The highest BCUT2D eigenvalue weighted by atomic mass is 32.2. The summed E-state index contributed by atoms with van der Waals surface area (Å²) in [6.07, 6.45) is 1.69. The topological polar surface area (TPSA) is 115 Å². The quantitative estimate of drug-likeness (QED) is 0.223. The minimum absolute atomic E-state index is 0.526. The van der Waals surface area contributed by atoms with E-state index in [4.69, 9.17) is 9.35 Å². The third kappa shape index (κ3) is 2.48. The lowest BCUT2D eigenvalue weighted by Gasteiger charge is -2.06. The molecule has 0 radical (unpaired) electrons. The molecule has 1 aromatic heterocycles. The summed E-state index contributed by atoms with van der Waals surface area (Å²) >= 11 is 3.69. The van der Waals surface area contributed by atoms with Gasteiger partial charge in [-0.05, 0) is 23.2 Å². The van der Waals surface area contributed by atoms with E-state index in [1.807, 2.05) is 34.3 Å². The fourth-order valence-electron chi connectivity index (χ4n) is 3.09. The van der Waals surface area contributed by atoms with Gasteiger partial charge in [0.25, 0.3) is 5.82 Å². The minimum Gasteiger partial charge on any atom is -0.359 e. The molecular weight excluding hydrogens is 461 g/mol. The van der Waals surface area contributed by atoms with Crippen molar-refractivity contribution in [3.05, 3.63) is 36.5 Å². The second kappa shape index (κ2) is 6.21. The van der Waals surface area contributed by atoms with Crippen LogP contribution >= 0.6 is 0 Å². The molecule has 10 nitrogen and oxygen atoms in total. The number of hydrogen-bond acceptors (Lipinski definition) is 10. The van der Waals surface area contributed by atoms with E-state index < -0.39 is 10.5 Å². The van der Waals surface area contributed by atoms with Crippen LogP contribution in [0.15, 0.2) is 72.0 Å². The van der Waals surface area contributed by atoms with Gasteiger partial charge in [-0.3, -0.25) is 10.5 Å². The van der Waals surface area contributed by atoms with Gasteiger partial charge in [-0.2, -0.15) is 21.8 Å². The first-order chi connectivity index (χ1) is 14.8. The molecule has 7 rings (SSSR count). The molecular formula is C16H6N10S4. The van der Waals surface area contributed by atoms with E-state index in [1.165, 1.54) is 34.1 Å². The Kier molecular flexibility index (Phi) is 3.46. The van der Waals surface area contributed by atoms with Crippen molar-refractivity contribution in [3.63, 3.8) is 0 Å². The molecule has 0 fully saturated rings. The Balaban J connectivity index is 1.28. The minimum atomic E-state index is -0.699. The molecule has 0 spiro atoms. The van der Waals surface area contributed by atoms with E-state index in [1.54, 1.807) is 6.20 Å². The lowest BCUT2D eigenvalue weighted by Crippen LogP contribution is -2.00. The van der Waals surface area contributed by atoms with Gasteiger partial charge in [0.2, 0.25) is 0 Å². The Hall–Kier alpha value is -3.07. The van der Waals surface area contributed by atoms with Crippen LogP contribution in [-0.4, -0.2) is 9.97 Å². The fraction of sp³-hybridized carbons (Fsp3) is 0. The van der Waals surface area contributed by atoms with Crippen molar-refractivity contribution < 1.29 is 0 Å². The van der Waals surface area contributed by atoms with Gasteiger partial charge < -0.3 is 8.73 Å². The first-order valence-corrected chi connectivity index (χ1v) is 11.9.